The highest BCUT2D eigenvalue weighted by Gasteiger charge is 2.28. The van der Waals surface area contributed by atoms with E-state index in [2.05, 4.69) is 46.9 Å². The van der Waals surface area contributed by atoms with Crippen LogP contribution in [0.5, 0.6) is 0 Å². The molecule has 0 bridgehead atoms. The highest BCUT2D eigenvalue weighted by Crippen LogP contribution is 2.30. The molecule has 0 aromatic carbocycles. The predicted octanol–water partition coefficient (Wildman–Crippen LogP) is 3.81. The lowest BCUT2D eigenvalue weighted by molar-refractivity contribution is -0.117. The minimum absolute atomic E-state index is 0. The zero-order valence-electron chi connectivity index (χ0n) is 15.8. The Morgan fingerprint density at radius 3 is 2.38 bits per heavy atom. The maximum Gasteiger partial charge on any atom is 0.225 e. The van der Waals surface area contributed by atoms with Crippen molar-refractivity contribution in [1.82, 2.24) is 9.78 Å². The molecule has 0 saturated heterocycles. The number of carbonyl (C=O) groups is 1. The maximum atomic E-state index is 12.4. The van der Waals surface area contributed by atoms with Gasteiger partial charge in [-0.2, -0.15) is 5.10 Å². The van der Waals surface area contributed by atoms with Gasteiger partial charge in [0.25, 0.3) is 0 Å². The lowest BCUT2D eigenvalue weighted by atomic mass is 9.92. The molecule has 2 atom stereocenters. The molecule has 1 heterocycles. The Bertz CT molecular complexity index is 569. The first kappa shape index (κ1) is 21.0. The molecule has 3 N–H and O–H groups in total. The molecule has 0 unspecified atom stereocenters. The molecule has 138 valence electrons. The third kappa shape index (κ3) is 4.96. The molecule has 1 fully saturated rings. The molecule has 6 heteroatoms. The van der Waals surface area contributed by atoms with Crippen LogP contribution in [0.15, 0.2) is 6.07 Å². The number of hydrogen-bond acceptors (Lipinski definition) is 3. The third-order valence-electron chi connectivity index (χ3n) is 4.55. The molecule has 1 aromatic heterocycles. The second kappa shape index (κ2) is 7.44. The van der Waals surface area contributed by atoms with E-state index in [0.717, 1.165) is 30.8 Å². The highest BCUT2D eigenvalue weighted by molar-refractivity contribution is 5.90. The number of carbonyl (C=O) groups excluding carboxylic acids is 1. The number of nitrogens with two attached hydrogens (primary N) is 1. The highest BCUT2D eigenvalue weighted by atomic mass is 35.5. The minimum atomic E-state index is -0.185. The molecule has 0 aliphatic heterocycles. The molecule has 1 amide bonds. The number of nitrogens with one attached hydrogen (secondary N) is 1. The quantitative estimate of drug-likeness (QED) is 0.864. The molecule has 0 radical (unpaired) electrons. The van der Waals surface area contributed by atoms with Crippen molar-refractivity contribution in [2.75, 3.05) is 5.32 Å². The monoisotopic (exact) mass is 356 g/mol. The summed E-state index contributed by atoms with van der Waals surface area (Å²) in [6.45, 7) is 12.7. The van der Waals surface area contributed by atoms with Crippen molar-refractivity contribution < 1.29 is 4.79 Å². The van der Waals surface area contributed by atoms with Gasteiger partial charge in [0.05, 0.1) is 11.2 Å². The number of hydrogen-bond donors (Lipinski definition) is 2. The molecule has 1 aromatic rings. The summed E-state index contributed by atoms with van der Waals surface area (Å²) in [7, 11) is 0. The second-order valence-electron chi connectivity index (χ2n) is 8.85. The Morgan fingerprint density at radius 1 is 1.29 bits per heavy atom. The Hall–Kier alpha value is -1.07. The van der Waals surface area contributed by atoms with Crippen molar-refractivity contribution in [3.8, 4) is 0 Å². The molecule has 1 saturated carbocycles. The van der Waals surface area contributed by atoms with Gasteiger partial charge >= 0.3 is 0 Å². The molecule has 2 rings (SSSR count). The van der Waals surface area contributed by atoms with E-state index in [0.29, 0.717) is 12.3 Å². The van der Waals surface area contributed by atoms with Crippen LogP contribution < -0.4 is 11.1 Å². The number of amides is 1. The van der Waals surface area contributed by atoms with Gasteiger partial charge in [-0.1, -0.05) is 27.2 Å². The first-order valence-electron chi connectivity index (χ1n) is 8.65. The topological polar surface area (TPSA) is 72.9 Å². The number of aromatic nitrogens is 2. The van der Waals surface area contributed by atoms with E-state index in [-0.39, 0.29) is 35.3 Å². The Labute approximate surface area is 152 Å². The molecule has 1 aliphatic rings. The van der Waals surface area contributed by atoms with Crippen LogP contribution in [-0.4, -0.2) is 21.7 Å². The van der Waals surface area contributed by atoms with Crippen LogP contribution in [0, 0.1) is 5.92 Å². The van der Waals surface area contributed by atoms with Gasteiger partial charge in [-0.3, -0.25) is 4.79 Å². The van der Waals surface area contributed by atoms with Gasteiger partial charge in [-0.25, -0.2) is 4.68 Å². The lowest BCUT2D eigenvalue weighted by Gasteiger charge is -2.23. The van der Waals surface area contributed by atoms with Crippen molar-refractivity contribution in [2.45, 2.75) is 84.2 Å². The van der Waals surface area contributed by atoms with Gasteiger partial charge in [0, 0.05) is 23.9 Å². The third-order valence-corrected chi connectivity index (χ3v) is 4.55. The number of nitrogens with zero attached hydrogens (tertiary/aromatic N) is 2. The van der Waals surface area contributed by atoms with Gasteiger partial charge in [0.1, 0.15) is 5.82 Å². The number of halogens is 1. The predicted molar refractivity (Wildman–Crippen MR) is 102 cm³/mol. The standard InChI is InChI=1S/C18H32N4O.ClH/c1-17(2,3)14-11-15(22(21-14)18(4,5)6)20-16(23)10-12-8-7-9-13(12)19;/h11-13H,7-10,19H2,1-6H3,(H,20,23);1H/t12-,13+;/m0./s1. The fraction of sp³-hybridized carbons (Fsp3) is 0.778. The van der Waals surface area contributed by atoms with E-state index in [4.69, 9.17) is 10.8 Å². The summed E-state index contributed by atoms with van der Waals surface area (Å²) >= 11 is 0. The lowest BCUT2D eigenvalue weighted by Crippen LogP contribution is -2.30. The Kier molecular flexibility index (Phi) is 6.50. The van der Waals surface area contributed by atoms with Gasteiger partial charge in [-0.15, -0.1) is 12.4 Å². The summed E-state index contributed by atoms with van der Waals surface area (Å²) < 4.78 is 1.92. The minimum Gasteiger partial charge on any atom is -0.327 e. The van der Waals surface area contributed by atoms with Crippen LogP contribution in [0.25, 0.3) is 0 Å². The first-order valence-corrected chi connectivity index (χ1v) is 8.65. The molecule has 5 nitrogen and oxygen atoms in total. The number of rotatable bonds is 3. The van der Waals surface area contributed by atoms with E-state index in [9.17, 15) is 4.79 Å². The summed E-state index contributed by atoms with van der Waals surface area (Å²) in [5.74, 6) is 1.13. The molecular weight excluding hydrogens is 324 g/mol. The Morgan fingerprint density at radius 2 is 1.92 bits per heavy atom. The van der Waals surface area contributed by atoms with Gasteiger partial charge in [-0.05, 0) is 39.5 Å². The average Bonchev–Trinajstić information content (AvgIpc) is 2.95. The summed E-state index contributed by atoms with van der Waals surface area (Å²) in [5.41, 5.74) is 6.83. The summed E-state index contributed by atoms with van der Waals surface area (Å²) in [6, 6.07) is 2.16. The normalized spacial score (nSPS) is 21.5. The van der Waals surface area contributed by atoms with Crippen LogP contribution >= 0.6 is 12.4 Å². The first-order chi connectivity index (χ1) is 10.5. The Balaban J connectivity index is 0.00000288. The smallest absolute Gasteiger partial charge is 0.225 e. The van der Waals surface area contributed by atoms with Gasteiger partial charge in [0.15, 0.2) is 0 Å². The van der Waals surface area contributed by atoms with Crippen molar-refractivity contribution in [1.29, 1.82) is 0 Å². The van der Waals surface area contributed by atoms with E-state index < -0.39 is 0 Å². The SMILES string of the molecule is CC(C)(C)c1cc(NC(=O)C[C@@H]2CCC[C@H]2N)n(C(C)(C)C)n1.Cl. The van der Waals surface area contributed by atoms with E-state index >= 15 is 0 Å². The maximum absolute atomic E-state index is 12.4. The molecular formula is C18H33ClN4O. The van der Waals surface area contributed by atoms with E-state index in [1.54, 1.807) is 0 Å². The second-order valence-corrected chi connectivity index (χ2v) is 8.85. The average molecular weight is 357 g/mol. The van der Waals surface area contributed by atoms with E-state index in [1.807, 2.05) is 10.7 Å². The fourth-order valence-electron chi connectivity index (χ4n) is 3.10. The molecule has 0 spiro atoms. The van der Waals surface area contributed by atoms with Crippen molar-refractivity contribution in [3.05, 3.63) is 11.8 Å². The zero-order chi connectivity index (χ0) is 17.4. The molecule has 1 aliphatic carbocycles. The zero-order valence-corrected chi connectivity index (χ0v) is 16.7. The summed E-state index contributed by atoms with van der Waals surface area (Å²) in [6.07, 6.45) is 3.72. The van der Waals surface area contributed by atoms with Crippen molar-refractivity contribution in [2.24, 2.45) is 11.7 Å². The van der Waals surface area contributed by atoms with Crippen LogP contribution in [-0.2, 0) is 15.7 Å². The fourth-order valence-corrected chi connectivity index (χ4v) is 3.10. The largest absolute Gasteiger partial charge is 0.327 e. The van der Waals surface area contributed by atoms with Crippen LogP contribution in [0.3, 0.4) is 0 Å². The van der Waals surface area contributed by atoms with Gasteiger partial charge in [0.2, 0.25) is 5.91 Å². The number of anilines is 1. The van der Waals surface area contributed by atoms with Gasteiger partial charge < -0.3 is 11.1 Å². The van der Waals surface area contributed by atoms with Crippen LogP contribution in [0.1, 0.15) is 72.9 Å². The summed E-state index contributed by atoms with van der Waals surface area (Å²) in [5, 5.41) is 7.79. The van der Waals surface area contributed by atoms with Crippen molar-refractivity contribution in [3.63, 3.8) is 0 Å². The van der Waals surface area contributed by atoms with E-state index in [1.165, 1.54) is 0 Å². The van der Waals surface area contributed by atoms with Crippen LogP contribution in [0.2, 0.25) is 0 Å². The van der Waals surface area contributed by atoms with Crippen molar-refractivity contribution >= 4 is 24.1 Å². The summed E-state index contributed by atoms with van der Waals surface area (Å²) in [4.78, 5) is 12.4. The molecule has 24 heavy (non-hydrogen) atoms. The van der Waals surface area contributed by atoms with Crippen LogP contribution in [0.4, 0.5) is 5.82 Å².